The van der Waals surface area contributed by atoms with Crippen molar-refractivity contribution >= 4 is 41.0 Å². The molecule has 0 aromatic heterocycles. The Balaban J connectivity index is 1.86. The number of ketones is 1. The number of alkyl halides is 1. The minimum atomic E-state index is -0.658. The van der Waals surface area contributed by atoms with E-state index in [-0.39, 0.29) is 23.7 Å². The summed E-state index contributed by atoms with van der Waals surface area (Å²) in [5.74, 6) is -0.386. The highest BCUT2D eigenvalue weighted by Crippen LogP contribution is 2.44. The molecular weight excluding hydrogens is 374 g/mol. The van der Waals surface area contributed by atoms with Crippen LogP contribution in [0.4, 0.5) is 0 Å². The molecule has 0 radical (unpaired) electrons. The molecule has 2 aliphatic rings. The van der Waals surface area contributed by atoms with E-state index in [2.05, 4.69) is 0 Å². The van der Waals surface area contributed by atoms with Crippen LogP contribution in [0.1, 0.15) is 31.1 Å². The smallest absolute Gasteiger partial charge is 0.338 e. The third-order valence-electron chi connectivity index (χ3n) is 4.27. The molecule has 0 spiro atoms. The van der Waals surface area contributed by atoms with Crippen molar-refractivity contribution in [1.82, 2.24) is 4.90 Å². The third kappa shape index (κ3) is 3.40. The Kier molecular flexibility index (Phi) is 5.17. The molecule has 1 fully saturated rings. The number of esters is 1. The fourth-order valence-electron chi connectivity index (χ4n) is 2.80. The molecule has 2 heterocycles. The molecule has 2 aliphatic heterocycles. The molecule has 2 atom stereocenters. The van der Waals surface area contributed by atoms with Gasteiger partial charge in [-0.2, -0.15) is 0 Å². The fourth-order valence-corrected chi connectivity index (χ4v) is 4.47. The first-order valence-corrected chi connectivity index (χ1v) is 9.78. The highest BCUT2D eigenvalue weighted by Gasteiger charge is 2.53. The van der Waals surface area contributed by atoms with Crippen LogP contribution in [0.2, 0.25) is 0 Å². The van der Waals surface area contributed by atoms with E-state index in [1.165, 1.54) is 16.7 Å². The van der Waals surface area contributed by atoms with Gasteiger partial charge in [0.15, 0.2) is 5.78 Å². The van der Waals surface area contributed by atoms with Gasteiger partial charge in [-0.15, -0.1) is 23.4 Å². The number of carbonyl (C=O) groups excluding carboxylic acids is 3. The lowest BCUT2D eigenvalue weighted by Gasteiger charge is -2.48. The Morgan fingerprint density at radius 3 is 2.54 bits per heavy atom. The number of allylic oxidation sites excluding steroid dienone is 1. The van der Waals surface area contributed by atoms with Crippen LogP contribution in [-0.4, -0.2) is 45.7 Å². The maximum atomic E-state index is 12.9. The average Bonchev–Trinajstić information content (AvgIpc) is 2.63. The quantitative estimate of drug-likeness (QED) is 0.446. The summed E-state index contributed by atoms with van der Waals surface area (Å²) < 4.78 is 5.40. The fraction of sp³-hybridized carbons (Fsp3) is 0.421. The number of halogens is 1. The van der Waals surface area contributed by atoms with Crippen molar-refractivity contribution in [3.8, 4) is 0 Å². The summed E-state index contributed by atoms with van der Waals surface area (Å²) in [7, 11) is 0. The summed E-state index contributed by atoms with van der Waals surface area (Å²) in [6.45, 7) is 5.38. The lowest BCUT2D eigenvalue weighted by molar-refractivity contribution is -0.141. The number of Topliss-reactive ketones (excluding diaryl/α,β-unsaturated/α-hetero) is 1. The van der Waals surface area contributed by atoms with Crippen LogP contribution in [0.25, 0.3) is 0 Å². The van der Waals surface area contributed by atoms with Crippen molar-refractivity contribution in [2.45, 2.75) is 31.5 Å². The Morgan fingerprint density at radius 1 is 1.27 bits per heavy atom. The van der Waals surface area contributed by atoms with Crippen LogP contribution >= 0.6 is 23.4 Å². The molecule has 0 aliphatic carbocycles. The summed E-state index contributed by atoms with van der Waals surface area (Å²) in [6, 6.07) is 8.66. The van der Waals surface area contributed by atoms with Crippen LogP contribution in [0.3, 0.4) is 0 Å². The minimum absolute atomic E-state index is 0.0265. The molecule has 1 aromatic rings. The highest BCUT2D eigenvalue weighted by atomic mass is 35.5. The van der Waals surface area contributed by atoms with Crippen LogP contribution in [-0.2, 0) is 14.3 Å². The lowest BCUT2D eigenvalue weighted by Crippen LogP contribution is -2.63. The van der Waals surface area contributed by atoms with E-state index in [4.69, 9.17) is 16.3 Å². The Hall–Kier alpha value is -1.79. The zero-order valence-electron chi connectivity index (χ0n) is 14.8. The van der Waals surface area contributed by atoms with Gasteiger partial charge in [0.1, 0.15) is 17.4 Å². The lowest BCUT2D eigenvalue weighted by atomic mass is 9.86. The van der Waals surface area contributed by atoms with Gasteiger partial charge >= 0.3 is 5.97 Å². The van der Waals surface area contributed by atoms with Gasteiger partial charge in [0, 0.05) is 16.7 Å². The number of nitrogens with zero attached hydrogens (tertiary/aromatic N) is 1. The van der Waals surface area contributed by atoms with Gasteiger partial charge in [-0.25, -0.2) is 4.79 Å². The molecule has 0 unspecified atom stereocenters. The average molecular weight is 394 g/mol. The van der Waals surface area contributed by atoms with E-state index in [0.717, 1.165) is 0 Å². The second kappa shape index (κ2) is 7.08. The Morgan fingerprint density at radius 2 is 1.92 bits per heavy atom. The number of thioether (sulfide) groups is 1. The molecule has 0 N–H and O–H groups in total. The van der Waals surface area contributed by atoms with Gasteiger partial charge in [0.25, 0.3) is 0 Å². The standard InChI is InChI=1S/C19H20ClNO4S/c1-19(2,3)15(22)14-12(10-26-17-13(20)16(23)21(14)17)9-25-18(24)11-7-5-4-6-8-11/h4-8,13,17H,9-10H2,1-3H3/t13-,17-/m0/s1. The van der Waals surface area contributed by atoms with Gasteiger partial charge in [-0.1, -0.05) is 39.0 Å². The first kappa shape index (κ1) is 19.0. The Labute approximate surface area is 161 Å². The van der Waals surface area contributed by atoms with Crippen molar-refractivity contribution in [3.63, 3.8) is 0 Å². The molecule has 5 nitrogen and oxygen atoms in total. The predicted octanol–water partition coefficient (Wildman–Crippen LogP) is 3.24. The van der Waals surface area contributed by atoms with E-state index in [1.54, 1.807) is 45.0 Å². The molecule has 0 saturated carbocycles. The van der Waals surface area contributed by atoms with Crippen molar-refractivity contribution in [2.24, 2.45) is 5.41 Å². The van der Waals surface area contributed by atoms with Crippen molar-refractivity contribution in [1.29, 1.82) is 0 Å². The first-order chi connectivity index (χ1) is 12.2. The largest absolute Gasteiger partial charge is 0.457 e. The molecule has 138 valence electrons. The van der Waals surface area contributed by atoms with Crippen LogP contribution in [0.5, 0.6) is 0 Å². The molecule has 1 aromatic carbocycles. The number of hydrogen-bond donors (Lipinski definition) is 0. The van der Waals surface area contributed by atoms with Crippen LogP contribution in [0, 0.1) is 5.41 Å². The van der Waals surface area contributed by atoms with Crippen LogP contribution in [0.15, 0.2) is 41.6 Å². The van der Waals surface area contributed by atoms with Gasteiger partial charge < -0.3 is 4.74 Å². The maximum absolute atomic E-state index is 12.9. The number of hydrogen-bond acceptors (Lipinski definition) is 5. The summed E-state index contributed by atoms with van der Waals surface area (Å²) in [5.41, 5.74) is 0.768. The number of amides is 1. The molecule has 1 saturated heterocycles. The number of fused-ring (bicyclic) bond motifs is 1. The van der Waals surface area contributed by atoms with Crippen LogP contribution < -0.4 is 0 Å². The number of benzene rings is 1. The van der Waals surface area contributed by atoms with E-state index in [1.807, 2.05) is 6.07 Å². The van der Waals surface area contributed by atoms with E-state index < -0.39 is 16.8 Å². The molecule has 26 heavy (non-hydrogen) atoms. The maximum Gasteiger partial charge on any atom is 0.338 e. The van der Waals surface area contributed by atoms with Gasteiger partial charge in [-0.05, 0) is 12.1 Å². The SMILES string of the molecule is CC(C)(C)C(=O)C1=C(COC(=O)c2ccccc2)CS[C@H]2[C@@H](Cl)C(=O)N12. The molecular formula is C19H20ClNO4S. The van der Waals surface area contributed by atoms with E-state index >= 15 is 0 Å². The molecule has 7 heteroatoms. The summed E-state index contributed by atoms with van der Waals surface area (Å²) in [5, 5.41) is -0.852. The molecule has 1 amide bonds. The van der Waals surface area contributed by atoms with E-state index in [0.29, 0.717) is 22.6 Å². The number of β-lactam (4-membered cyclic amide) rings is 1. The van der Waals surface area contributed by atoms with Crippen molar-refractivity contribution in [2.75, 3.05) is 12.4 Å². The number of carbonyl (C=O) groups is 3. The third-order valence-corrected chi connectivity index (χ3v) is 6.18. The number of ether oxygens (including phenoxy) is 1. The number of rotatable bonds is 4. The van der Waals surface area contributed by atoms with Crippen molar-refractivity contribution < 1.29 is 19.1 Å². The summed E-state index contributed by atoms with van der Waals surface area (Å²) in [4.78, 5) is 38.8. The monoisotopic (exact) mass is 393 g/mol. The first-order valence-electron chi connectivity index (χ1n) is 8.29. The molecule has 0 bridgehead atoms. The van der Waals surface area contributed by atoms with E-state index in [9.17, 15) is 14.4 Å². The Bertz CT molecular complexity index is 784. The van der Waals surface area contributed by atoms with Gasteiger partial charge in [0.05, 0.1) is 11.3 Å². The summed E-state index contributed by atoms with van der Waals surface area (Å²) >= 11 is 7.57. The predicted molar refractivity (Wildman–Crippen MR) is 101 cm³/mol. The van der Waals surface area contributed by atoms with Gasteiger partial charge in [-0.3, -0.25) is 14.5 Å². The second-order valence-electron chi connectivity index (χ2n) is 7.29. The normalized spacial score (nSPS) is 22.6. The zero-order valence-corrected chi connectivity index (χ0v) is 16.4. The highest BCUT2D eigenvalue weighted by molar-refractivity contribution is 8.00. The zero-order chi connectivity index (χ0) is 19.1. The summed E-state index contributed by atoms with van der Waals surface area (Å²) in [6.07, 6.45) is 0. The molecule has 3 rings (SSSR count). The minimum Gasteiger partial charge on any atom is -0.457 e. The van der Waals surface area contributed by atoms with Crippen molar-refractivity contribution in [3.05, 3.63) is 47.2 Å². The van der Waals surface area contributed by atoms with Gasteiger partial charge in [0.2, 0.25) is 5.91 Å². The topological polar surface area (TPSA) is 63.7 Å². The second-order valence-corrected chi connectivity index (χ2v) is 8.86.